The van der Waals surface area contributed by atoms with Crippen LogP contribution in [0.25, 0.3) is 10.8 Å². The van der Waals surface area contributed by atoms with Crippen LogP contribution >= 0.6 is 0 Å². The van der Waals surface area contributed by atoms with E-state index in [-0.39, 0.29) is 12.8 Å². The summed E-state index contributed by atoms with van der Waals surface area (Å²) in [6, 6.07) is 7.64. The summed E-state index contributed by atoms with van der Waals surface area (Å²) in [6.07, 6.45) is 0. The first-order chi connectivity index (χ1) is 8.31. The molecule has 2 heterocycles. The van der Waals surface area contributed by atoms with Gasteiger partial charge in [0.1, 0.15) is 6.61 Å². The molecule has 0 bridgehead atoms. The average Bonchev–Trinajstić information content (AvgIpc) is 2.91. The van der Waals surface area contributed by atoms with E-state index in [9.17, 15) is 4.79 Å². The van der Waals surface area contributed by atoms with Gasteiger partial charge in [-0.25, -0.2) is 4.79 Å². The standard InChI is InChI=1S/C13H8O4/c14-13-10-2-8-4-12-11(16-6-17-12)3-7(8)1-9(10)5-15-13/h1-4H,5-6H2. The summed E-state index contributed by atoms with van der Waals surface area (Å²) in [5.74, 6) is 1.23. The minimum atomic E-state index is -0.250. The summed E-state index contributed by atoms with van der Waals surface area (Å²) < 4.78 is 15.6. The van der Waals surface area contributed by atoms with Crippen molar-refractivity contribution in [3.8, 4) is 11.5 Å². The predicted molar refractivity (Wildman–Crippen MR) is 59.2 cm³/mol. The molecular formula is C13H8O4. The Kier molecular flexibility index (Phi) is 1.52. The largest absolute Gasteiger partial charge is 0.457 e. The predicted octanol–water partition coefficient (Wildman–Crippen LogP) is 2.24. The zero-order valence-corrected chi connectivity index (χ0v) is 8.86. The van der Waals surface area contributed by atoms with Crippen molar-refractivity contribution in [1.82, 2.24) is 0 Å². The lowest BCUT2D eigenvalue weighted by atomic mass is 10.0. The second-order valence-electron chi connectivity index (χ2n) is 4.14. The van der Waals surface area contributed by atoms with Crippen LogP contribution in [0.4, 0.5) is 0 Å². The molecule has 2 aromatic carbocycles. The van der Waals surface area contributed by atoms with Gasteiger partial charge < -0.3 is 14.2 Å². The molecule has 0 unspecified atom stereocenters. The van der Waals surface area contributed by atoms with Gasteiger partial charge >= 0.3 is 5.97 Å². The fourth-order valence-electron chi connectivity index (χ4n) is 2.27. The van der Waals surface area contributed by atoms with E-state index in [1.54, 1.807) is 0 Å². The zero-order chi connectivity index (χ0) is 11.4. The molecule has 2 aliphatic heterocycles. The van der Waals surface area contributed by atoms with Crippen LogP contribution in [0, 0.1) is 0 Å². The van der Waals surface area contributed by atoms with E-state index < -0.39 is 0 Å². The summed E-state index contributed by atoms with van der Waals surface area (Å²) in [5, 5.41) is 2.00. The number of hydrogen-bond acceptors (Lipinski definition) is 4. The molecule has 0 radical (unpaired) electrons. The van der Waals surface area contributed by atoms with Gasteiger partial charge in [0.15, 0.2) is 11.5 Å². The molecule has 4 rings (SSSR count). The quantitative estimate of drug-likeness (QED) is 0.648. The highest BCUT2D eigenvalue weighted by Crippen LogP contribution is 2.37. The summed E-state index contributed by atoms with van der Waals surface area (Å²) in [7, 11) is 0. The van der Waals surface area contributed by atoms with Crippen molar-refractivity contribution in [3.63, 3.8) is 0 Å². The van der Waals surface area contributed by atoms with Crippen LogP contribution in [0.1, 0.15) is 15.9 Å². The number of rotatable bonds is 0. The first-order valence-corrected chi connectivity index (χ1v) is 5.35. The molecule has 0 saturated heterocycles. The lowest BCUT2D eigenvalue weighted by molar-refractivity contribution is 0.0535. The molecule has 0 aromatic heterocycles. The molecule has 4 nitrogen and oxygen atoms in total. The first-order valence-electron chi connectivity index (χ1n) is 5.35. The summed E-state index contributed by atoms with van der Waals surface area (Å²) in [6.45, 7) is 0.617. The normalized spacial score (nSPS) is 16.1. The molecule has 0 aliphatic carbocycles. The topological polar surface area (TPSA) is 44.8 Å². The van der Waals surface area contributed by atoms with Crippen LogP contribution < -0.4 is 9.47 Å². The van der Waals surface area contributed by atoms with Gasteiger partial charge in [0, 0.05) is 5.56 Å². The SMILES string of the molecule is O=C1OCc2cc3cc4c(cc3cc21)OCO4. The Balaban J connectivity index is 2.03. The number of carbonyl (C=O) groups is 1. The number of esters is 1. The lowest BCUT2D eigenvalue weighted by Crippen LogP contribution is -1.93. The van der Waals surface area contributed by atoms with Crippen molar-refractivity contribution in [2.45, 2.75) is 6.61 Å². The highest BCUT2D eigenvalue weighted by atomic mass is 16.7. The molecule has 4 heteroatoms. The molecule has 0 amide bonds. The maximum Gasteiger partial charge on any atom is 0.338 e. The number of hydrogen-bond donors (Lipinski definition) is 0. The number of fused-ring (bicyclic) bond motifs is 3. The maximum atomic E-state index is 11.5. The van der Waals surface area contributed by atoms with Crippen LogP contribution in [0.5, 0.6) is 11.5 Å². The summed E-state index contributed by atoms with van der Waals surface area (Å²) in [5.41, 5.74) is 1.58. The van der Waals surface area contributed by atoms with Gasteiger partial charge in [-0.15, -0.1) is 0 Å². The minimum Gasteiger partial charge on any atom is -0.457 e. The molecule has 17 heavy (non-hydrogen) atoms. The van der Waals surface area contributed by atoms with Gasteiger partial charge in [-0.1, -0.05) is 0 Å². The molecule has 0 fully saturated rings. The van der Waals surface area contributed by atoms with Gasteiger partial charge in [-0.05, 0) is 35.0 Å². The average molecular weight is 228 g/mol. The van der Waals surface area contributed by atoms with Crippen LogP contribution in [-0.4, -0.2) is 12.8 Å². The molecule has 2 aromatic rings. The van der Waals surface area contributed by atoms with E-state index in [1.807, 2.05) is 24.3 Å². The van der Waals surface area contributed by atoms with Gasteiger partial charge in [0.05, 0.1) is 5.56 Å². The molecule has 0 N–H and O–H groups in total. The Labute approximate surface area is 96.7 Å². The van der Waals surface area contributed by atoms with Gasteiger partial charge in [0.2, 0.25) is 6.79 Å². The summed E-state index contributed by atoms with van der Waals surface area (Å²) in [4.78, 5) is 11.5. The van der Waals surface area contributed by atoms with Crippen molar-refractivity contribution < 1.29 is 19.0 Å². The fourth-order valence-corrected chi connectivity index (χ4v) is 2.27. The third-order valence-corrected chi connectivity index (χ3v) is 3.13. The third-order valence-electron chi connectivity index (χ3n) is 3.13. The monoisotopic (exact) mass is 228 g/mol. The van der Waals surface area contributed by atoms with Gasteiger partial charge in [-0.2, -0.15) is 0 Å². The van der Waals surface area contributed by atoms with Crippen molar-refractivity contribution in [1.29, 1.82) is 0 Å². The fraction of sp³-hybridized carbons (Fsp3) is 0.154. The molecule has 0 atom stereocenters. The highest BCUT2D eigenvalue weighted by Gasteiger charge is 2.23. The van der Waals surface area contributed by atoms with Crippen molar-refractivity contribution in [2.24, 2.45) is 0 Å². The van der Waals surface area contributed by atoms with Crippen LogP contribution in [0.15, 0.2) is 24.3 Å². The second kappa shape index (κ2) is 2.91. The van der Waals surface area contributed by atoms with E-state index in [0.717, 1.165) is 27.8 Å². The Morgan fingerprint density at radius 3 is 2.35 bits per heavy atom. The minimum absolute atomic E-state index is 0.250. The van der Waals surface area contributed by atoms with E-state index in [1.165, 1.54) is 0 Å². The van der Waals surface area contributed by atoms with E-state index in [2.05, 4.69) is 0 Å². The van der Waals surface area contributed by atoms with Crippen molar-refractivity contribution in [2.75, 3.05) is 6.79 Å². The van der Waals surface area contributed by atoms with E-state index in [4.69, 9.17) is 14.2 Å². The van der Waals surface area contributed by atoms with Crippen molar-refractivity contribution >= 4 is 16.7 Å². The van der Waals surface area contributed by atoms with E-state index in [0.29, 0.717) is 12.2 Å². The number of cyclic esters (lactones) is 1. The Morgan fingerprint density at radius 1 is 0.882 bits per heavy atom. The Morgan fingerprint density at radius 2 is 1.59 bits per heavy atom. The zero-order valence-electron chi connectivity index (χ0n) is 8.86. The highest BCUT2D eigenvalue weighted by molar-refractivity contribution is 5.99. The van der Waals surface area contributed by atoms with Crippen LogP contribution in [-0.2, 0) is 11.3 Å². The number of ether oxygens (including phenoxy) is 3. The second-order valence-corrected chi connectivity index (χ2v) is 4.14. The van der Waals surface area contributed by atoms with Gasteiger partial charge in [0.25, 0.3) is 0 Å². The molecule has 0 spiro atoms. The van der Waals surface area contributed by atoms with Crippen LogP contribution in [0.2, 0.25) is 0 Å². The first kappa shape index (κ1) is 8.87. The molecule has 2 aliphatic rings. The van der Waals surface area contributed by atoms with Gasteiger partial charge in [-0.3, -0.25) is 0 Å². The van der Waals surface area contributed by atoms with Crippen molar-refractivity contribution in [3.05, 3.63) is 35.4 Å². The maximum absolute atomic E-state index is 11.5. The Bertz CT molecular complexity index is 660. The van der Waals surface area contributed by atoms with E-state index >= 15 is 0 Å². The van der Waals surface area contributed by atoms with Crippen LogP contribution in [0.3, 0.4) is 0 Å². The smallest absolute Gasteiger partial charge is 0.338 e. The number of carbonyl (C=O) groups excluding carboxylic acids is 1. The molecule has 0 saturated carbocycles. The summed E-state index contributed by atoms with van der Waals surface area (Å²) >= 11 is 0. The molecule has 84 valence electrons. The number of benzene rings is 2. The third kappa shape index (κ3) is 1.15. The molecular weight excluding hydrogens is 220 g/mol. The lowest BCUT2D eigenvalue weighted by Gasteiger charge is -2.02. The Hall–Kier alpha value is -2.23.